The molecule has 0 aromatic carbocycles. The molecule has 0 spiro atoms. The summed E-state index contributed by atoms with van der Waals surface area (Å²) in [5, 5.41) is 0. The molecule has 0 heterocycles. The SMILES string of the molecule is CCC(C)(C)C1C2CC3CC[C@H]3C21. The van der Waals surface area contributed by atoms with Gasteiger partial charge in [0.25, 0.3) is 0 Å². The van der Waals surface area contributed by atoms with Crippen molar-refractivity contribution in [3.05, 3.63) is 0 Å². The molecule has 3 aliphatic carbocycles. The van der Waals surface area contributed by atoms with E-state index in [1.807, 2.05) is 0 Å². The highest BCUT2D eigenvalue weighted by molar-refractivity contribution is 5.15. The first-order chi connectivity index (χ1) is 6.15. The summed E-state index contributed by atoms with van der Waals surface area (Å²) in [6, 6.07) is 0. The first-order valence-electron chi connectivity index (χ1n) is 6.15. The van der Waals surface area contributed by atoms with Crippen LogP contribution in [0.25, 0.3) is 0 Å². The molecule has 5 atom stereocenters. The van der Waals surface area contributed by atoms with Gasteiger partial charge in [-0.1, -0.05) is 27.2 Å². The maximum absolute atomic E-state index is 2.49. The van der Waals surface area contributed by atoms with Crippen LogP contribution in [0.5, 0.6) is 0 Å². The minimum atomic E-state index is 0.649. The van der Waals surface area contributed by atoms with Gasteiger partial charge in [0.2, 0.25) is 0 Å². The summed E-state index contributed by atoms with van der Waals surface area (Å²) in [6.45, 7) is 7.35. The molecule has 0 N–H and O–H groups in total. The Labute approximate surface area is 82.1 Å². The zero-order valence-corrected chi connectivity index (χ0v) is 9.22. The van der Waals surface area contributed by atoms with E-state index in [-0.39, 0.29) is 0 Å². The molecule has 0 amide bonds. The molecule has 4 unspecified atom stereocenters. The molecule has 0 aromatic heterocycles. The van der Waals surface area contributed by atoms with E-state index < -0.39 is 0 Å². The molecule has 3 aliphatic rings. The van der Waals surface area contributed by atoms with E-state index in [9.17, 15) is 0 Å². The van der Waals surface area contributed by atoms with E-state index in [1.165, 1.54) is 24.2 Å². The van der Waals surface area contributed by atoms with E-state index in [1.54, 1.807) is 19.3 Å². The van der Waals surface area contributed by atoms with Crippen molar-refractivity contribution in [1.82, 2.24) is 0 Å². The Bertz CT molecular complexity index is 228. The zero-order valence-electron chi connectivity index (χ0n) is 9.22. The van der Waals surface area contributed by atoms with Gasteiger partial charge in [-0.05, 0) is 54.3 Å². The smallest absolute Gasteiger partial charge is 0.0298 e. The van der Waals surface area contributed by atoms with Crippen LogP contribution in [0.2, 0.25) is 0 Å². The fraction of sp³-hybridized carbons (Fsp3) is 1.00. The Morgan fingerprint density at radius 2 is 1.92 bits per heavy atom. The molecule has 74 valence electrons. The van der Waals surface area contributed by atoms with Crippen LogP contribution < -0.4 is 0 Å². The topological polar surface area (TPSA) is 0 Å². The summed E-state index contributed by atoms with van der Waals surface area (Å²) in [4.78, 5) is 0. The van der Waals surface area contributed by atoms with Crippen molar-refractivity contribution in [1.29, 1.82) is 0 Å². The summed E-state index contributed by atoms with van der Waals surface area (Å²) >= 11 is 0. The van der Waals surface area contributed by atoms with Crippen LogP contribution in [0, 0.1) is 35.0 Å². The highest BCUT2D eigenvalue weighted by atomic mass is 14.7. The molecule has 0 radical (unpaired) electrons. The molecule has 3 rings (SSSR count). The third-order valence-corrected chi connectivity index (χ3v) is 5.59. The van der Waals surface area contributed by atoms with Gasteiger partial charge in [0.05, 0.1) is 0 Å². The number of rotatable bonds is 2. The molecule has 0 bridgehead atoms. The average molecular weight is 178 g/mol. The van der Waals surface area contributed by atoms with Crippen molar-refractivity contribution in [2.75, 3.05) is 0 Å². The van der Waals surface area contributed by atoms with Gasteiger partial charge in [0, 0.05) is 0 Å². The second kappa shape index (κ2) is 2.32. The van der Waals surface area contributed by atoms with Gasteiger partial charge in [0.1, 0.15) is 0 Å². The molecule has 0 heteroatoms. The Balaban J connectivity index is 1.73. The van der Waals surface area contributed by atoms with Crippen molar-refractivity contribution >= 4 is 0 Å². The van der Waals surface area contributed by atoms with Gasteiger partial charge >= 0.3 is 0 Å². The lowest BCUT2D eigenvalue weighted by atomic mass is 9.68. The van der Waals surface area contributed by atoms with E-state index in [0.717, 1.165) is 11.8 Å². The predicted molar refractivity (Wildman–Crippen MR) is 55.4 cm³/mol. The van der Waals surface area contributed by atoms with Crippen LogP contribution in [-0.2, 0) is 0 Å². The van der Waals surface area contributed by atoms with Crippen molar-refractivity contribution in [3.8, 4) is 0 Å². The predicted octanol–water partition coefficient (Wildman–Crippen LogP) is 3.71. The Morgan fingerprint density at radius 1 is 1.15 bits per heavy atom. The lowest BCUT2D eigenvalue weighted by Gasteiger charge is -2.37. The second-order valence-electron chi connectivity index (χ2n) is 6.35. The van der Waals surface area contributed by atoms with E-state index in [2.05, 4.69) is 20.8 Å². The highest BCUT2D eigenvalue weighted by Crippen LogP contribution is 2.73. The van der Waals surface area contributed by atoms with Crippen LogP contribution >= 0.6 is 0 Å². The minimum Gasteiger partial charge on any atom is -0.0649 e. The molecule has 0 nitrogen and oxygen atoms in total. The van der Waals surface area contributed by atoms with Gasteiger partial charge < -0.3 is 0 Å². The minimum absolute atomic E-state index is 0.649. The van der Waals surface area contributed by atoms with Crippen molar-refractivity contribution < 1.29 is 0 Å². The van der Waals surface area contributed by atoms with Crippen LogP contribution in [-0.4, -0.2) is 0 Å². The van der Waals surface area contributed by atoms with Crippen molar-refractivity contribution in [3.63, 3.8) is 0 Å². The van der Waals surface area contributed by atoms with Crippen molar-refractivity contribution in [2.24, 2.45) is 35.0 Å². The van der Waals surface area contributed by atoms with Gasteiger partial charge in [-0.15, -0.1) is 0 Å². The molecule has 3 fully saturated rings. The molecule has 0 saturated heterocycles. The molecule has 3 saturated carbocycles. The summed E-state index contributed by atoms with van der Waals surface area (Å²) < 4.78 is 0. The Hall–Kier alpha value is 0. The molecular weight excluding hydrogens is 156 g/mol. The first kappa shape index (κ1) is 8.32. The average Bonchev–Trinajstić information content (AvgIpc) is 2.67. The Kier molecular flexibility index (Phi) is 1.49. The maximum atomic E-state index is 2.49. The first-order valence-corrected chi connectivity index (χ1v) is 6.15. The van der Waals surface area contributed by atoms with E-state index in [4.69, 9.17) is 0 Å². The second-order valence-corrected chi connectivity index (χ2v) is 6.35. The third-order valence-electron chi connectivity index (χ3n) is 5.59. The highest BCUT2D eigenvalue weighted by Gasteiger charge is 2.66. The van der Waals surface area contributed by atoms with Crippen LogP contribution in [0.3, 0.4) is 0 Å². The van der Waals surface area contributed by atoms with Crippen LogP contribution in [0.1, 0.15) is 46.5 Å². The molecular formula is C13H22. The Morgan fingerprint density at radius 3 is 2.38 bits per heavy atom. The van der Waals surface area contributed by atoms with Gasteiger partial charge in [0.15, 0.2) is 0 Å². The number of hydrogen-bond donors (Lipinski definition) is 0. The maximum Gasteiger partial charge on any atom is -0.0298 e. The number of fused-ring (bicyclic) bond motifs is 3. The lowest BCUT2D eigenvalue weighted by molar-refractivity contribution is 0.128. The number of hydrogen-bond acceptors (Lipinski definition) is 0. The van der Waals surface area contributed by atoms with Gasteiger partial charge in [-0.25, -0.2) is 0 Å². The molecule has 0 aromatic rings. The monoisotopic (exact) mass is 178 g/mol. The normalized spacial score (nSPS) is 52.4. The van der Waals surface area contributed by atoms with Crippen LogP contribution in [0.4, 0.5) is 0 Å². The molecule has 13 heavy (non-hydrogen) atoms. The third kappa shape index (κ3) is 0.926. The summed E-state index contributed by atoms with van der Waals surface area (Å²) in [5.41, 5.74) is 0.649. The summed E-state index contributed by atoms with van der Waals surface area (Å²) in [6.07, 6.45) is 6.12. The quantitative estimate of drug-likeness (QED) is 0.604. The van der Waals surface area contributed by atoms with E-state index >= 15 is 0 Å². The standard InChI is InChI=1S/C13H22/c1-4-13(2,3)12-10-7-8-5-6-9(8)11(10)12/h8-12H,4-7H2,1-3H3/t8?,9-,10?,11?,12?/m1/s1. The molecule has 0 aliphatic heterocycles. The summed E-state index contributed by atoms with van der Waals surface area (Å²) in [5.74, 6) is 5.81. The van der Waals surface area contributed by atoms with Gasteiger partial charge in [-0.3, -0.25) is 0 Å². The zero-order chi connectivity index (χ0) is 9.22. The van der Waals surface area contributed by atoms with Gasteiger partial charge in [-0.2, -0.15) is 0 Å². The lowest BCUT2D eigenvalue weighted by Crippen LogP contribution is -2.28. The largest absolute Gasteiger partial charge is 0.0649 e. The van der Waals surface area contributed by atoms with E-state index in [0.29, 0.717) is 5.41 Å². The summed E-state index contributed by atoms with van der Waals surface area (Å²) in [7, 11) is 0. The van der Waals surface area contributed by atoms with Crippen LogP contribution in [0.15, 0.2) is 0 Å². The fourth-order valence-corrected chi connectivity index (χ4v) is 4.37. The van der Waals surface area contributed by atoms with Crippen molar-refractivity contribution in [2.45, 2.75) is 46.5 Å². The fourth-order valence-electron chi connectivity index (χ4n) is 4.37.